The Labute approximate surface area is 165 Å². The number of rotatable bonds is 4. The zero-order valence-corrected chi connectivity index (χ0v) is 16.3. The second kappa shape index (κ2) is 8.59. The number of nitrogens with zero attached hydrogens (tertiary/aromatic N) is 4. The molecule has 148 valence electrons. The minimum Gasteiger partial charge on any atom is -0.370 e. The summed E-state index contributed by atoms with van der Waals surface area (Å²) in [6.07, 6.45) is 7.21. The number of amides is 1. The van der Waals surface area contributed by atoms with Crippen molar-refractivity contribution < 1.29 is 4.79 Å². The molecule has 2 aliphatic heterocycles. The van der Waals surface area contributed by atoms with Gasteiger partial charge in [-0.3, -0.25) is 9.59 Å². The minimum atomic E-state index is -0.199. The quantitative estimate of drug-likeness (QED) is 0.818. The van der Waals surface area contributed by atoms with Gasteiger partial charge in [-0.25, -0.2) is 4.68 Å². The molecule has 6 nitrogen and oxygen atoms in total. The molecule has 28 heavy (non-hydrogen) atoms. The monoisotopic (exact) mass is 380 g/mol. The first kappa shape index (κ1) is 18.7. The number of carbonyl (C=O) groups excluding carboxylic acids is 1. The molecule has 0 N–H and O–H groups in total. The van der Waals surface area contributed by atoms with E-state index in [-0.39, 0.29) is 18.0 Å². The van der Waals surface area contributed by atoms with Crippen LogP contribution in [0.2, 0.25) is 0 Å². The van der Waals surface area contributed by atoms with Crippen LogP contribution in [0.15, 0.2) is 47.4 Å². The van der Waals surface area contributed by atoms with E-state index in [4.69, 9.17) is 0 Å². The standard InChI is InChI=1S/C22H28N4O2/c27-21-15-20(24-11-5-2-6-12-24)16-23-26(21)17-22(28)25-13-9-19(10-14-25)18-7-3-1-4-8-18/h1,3-4,7-8,15-16,19H,2,5-6,9-14,17H2. The summed E-state index contributed by atoms with van der Waals surface area (Å²) >= 11 is 0. The van der Waals surface area contributed by atoms with Gasteiger partial charge in [0, 0.05) is 32.2 Å². The number of piperidine rings is 2. The van der Waals surface area contributed by atoms with Crippen LogP contribution in [0.4, 0.5) is 5.69 Å². The Kier molecular flexibility index (Phi) is 5.74. The van der Waals surface area contributed by atoms with Gasteiger partial charge in [-0.15, -0.1) is 0 Å². The highest BCUT2D eigenvalue weighted by molar-refractivity contribution is 5.76. The molecule has 0 bridgehead atoms. The lowest BCUT2D eigenvalue weighted by Gasteiger charge is -2.32. The highest BCUT2D eigenvalue weighted by Crippen LogP contribution is 2.27. The Morgan fingerprint density at radius 2 is 1.71 bits per heavy atom. The highest BCUT2D eigenvalue weighted by Gasteiger charge is 2.24. The Morgan fingerprint density at radius 1 is 1.00 bits per heavy atom. The lowest BCUT2D eigenvalue weighted by molar-refractivity contribution is -0.133. The van der Waals surface area contributed by atoms with Crippen LogP contribution in [0.25, 0.3) is 0 Å². The smallest absolute Gasteiger partial charge is 0.269 e. The van der Waals surface area contributed by atoms with E-state index in [0.717, 1.165) is 57.5 Å². The molecule has 1 amide bonds. The molecule has 2 fully saturated rings. The fraction of sp³-hybridized carbons (Fsp3) is 0.500. The summed E-state index contributed by atoms with van der Waals surface area (Å²) in [5.74, 6) is 0.488. The second-order valence-electron chi connectivity index (χ2n) is 7.82. The minimum absolute atomic E-state index is 0.0214. The van der Waals surface area contributed by atoms with Crippen LogP contribution in [0.3, 0.4) is 0 Å². The summed E-state index contributed by atoms with van der Waals surface area (Å²) in [7, 11) is 0. The van der Waals surface area contributed by atoms with Gasteiger partial charge in [0.1, 0.15) is 6.54 Å². The first-order valence-corrected chi connectivity index (χ1v) is 10.4. The molecule has 0 unspecified atom stereocenters. The van der Waals surface area contributed by atoms with Crippen molar-refractivity contribution in [1.82, 2.24) is 14.7 Å². The van der Waals surface area contributed by atoms with Gasteiger partial charge >= 0.3 is 0 Å². The van der Waals surface area contributed by atoms with E-state index in [1.54, 1.807) is 12.3 Å². The average molecular weight is 380 g/mol. The number of benzene rings is 1. The van der Waals surface area contributed by atoms with Crippen molar-refractivity contribution in [1.29, 1.82) is 0 Å². The van der Waals surface area contributed by atoms with E-state index in [9.17, 15) is 9.59 Å². The zero-order valence-electron chi connectivity index (χ0n) is 16.3. The lowest BCUT2D eigenvalue weighted by atomic mass is 9.89. The molecule has 6 heteroatoms. The van der Waals surface area contributed by atoms with Crippen LogP contribution in [0.1, 0.15) is 43.6 Å². The molecule has 0 saturated carbocycles. The summed E-state index contributed by atoms with van der Waals surface area (Å²) < 4.78 is 1.29. The van der Waals surface area contributed by atoms with Gasteiger partial charge in [-0.05, 0) is 43.6 Å². The molecule has 2 aliphatic rings. The first-order valence-electron chi connectivity index (χ1n) is 10.4. The number of anilines is 1. The van der Waals surface area contributed by atoms with Gasteiger partial charge in [0.05, 0.1) is 11.9 Å². The van der Waals surface area contributed by atoms with Gasteiger partial charge in [0.2, 0.25) is 5.91 Å². The van der Waals surface area contributed by atoms with E-state index < -0.39 is 0 Å². The second-order valence-corrected chi connectivity index (χ2v) is 7.82. The molecule has 2 saturated heterocycles. The Balaban J connectivity index is 1.34. The van der Waals surface area contributed by atoms with Gasteiger partial charge < -0.3 is 9.80 Å². The maximum atomic E-state index is 12.7. The number of hydrogen-bond acceptors (Lipinski definition) is 4. The van der Waals surface area contributed by atoms with Crippen molar-refractivity contribution in [2.75, 3.05) is 31.1 Å². The summed E-state index contributed by atoms with van der Waals surface area (Å²) in [5.41, 5.74) is 2.02. The maximum absolute atomic E-state index is 12.7. The van der Waals surface area contributed by atoms with E-state index >= 15 is 0 Å². The molecule has 0 spiro atoms. The number of aromatic nitrogens is 2. The fourth-order valence-electron chi connectivity index (χ4n) is 4.28. The summed E-state index contributed by atoms with van der Waals surface area (Å²) in [6.45, 7) is 3.44. The maximum Gasteiger partial charge on any atom is 0.269 e. The largest absolute Gasteiger partial charge is 0.370 e. The van der Waals surface area contributed by atoms with Crippen LogP contribution in [-0.2, 0) is 11.3 Å². The van der Waals surface area contributed by atoms with Gasteiger partial charge in [-0.1, -0.05) is 30.3 Å². The van der Waals surface area contributed by atoms with Crippen LogP contribution in [-0.4, -0.2) is 46.8 Å². The van der Waals surface area contributed by atoms with Crippen molar-refractivity contribution >= 4 is 11.6 Å². The van der Waals surface area contributed by atoms with Crippen LogP contribution in [0, 0.1) is 0 Å². The van der Waals surface area contributed by atoms with Crippen LogP contribution >= 0.6 is 0 Å². The predicted octanol–water partition coefficient (Wildman–Crippen LogP) is 2.64. The third-order valence-electron chi connectivity index (χ3n) is 5.98. The van der Waals surface area contributed by atoms with E-state index in [2.05, 4.69) is 34.3 Å². The average Bonchev–Trinajstić information content (AvgIpc) is 2.76. The van der Waals surface area contributed by atoms with Gasteiger partial charge in [-0.2, -0.15) is 5.10 Å². The summed E-state index contributed by atoms with van der Waals surface area (Å²) in [5, 5.41) is 4.27. The first-order chi connectivity index (χ1) is 13.7. The predicted molar refractivity (Wildman–Crippen MR) is 110 cm³/mol. The fourth-order valence-corrected chi connectivity index (χ4v) is 4.28. The molecule has 4 rings (SSSR count). The Bertz CT molecular complexity index is 850. The molecule has 3 heterocycles. The Morgan fingerprint density at radius 3 is 2.39 bits per heavy atom. The van der Waals surface area contributed by atoms with Gasteiger partial charge in [0.15, 0.2) is 0 Å². The molecule has 2 aromatic rings. The number of likely N-dealkylation sites (tertiary alicyclic amines) is 1. The normalized spacial score (nSPS) is 18.3. The summed E-state index contributed by atoms with van der Waals surface area (Å²) in [6, 6.07) is 12.1. The third-order valence-corrected chi connectivity index (χ3v) is 5.98. The molecule has 1 aromatic heterocycles. The van der Waals surface area contributed by atoms with Crippen molar-refractivity contribution in [3.63, 3.8) is 0 Å². The lowest BCUT2D eigenvalue weighted by Crippen LogP contribution is -2.41. The zero-order chi connectivity index (χ0) is 19.3. The van der Waals surface area contributed by atoms with Crippen molar-refractivity contribution in [3.8, 4) is 0 Å². The van der Waals surface area contributed by atoms with Crippen molar-refractivity contribution in [2.24, 2.45) is 0 Å². The summed E-state index contributed by atoms with van der Waals surface area (Å²) in [4.78, 5) is 29.2. The molecule has 0 aliphatic carbocycles. The SMILES string of the molecule is O=C(Cn1ncc(N2CCCCC2)cc1=O)N1CCC(c2ccccc2)CC1. The number of carbonyl (C=O) groups is 1. The molecule has 1 aromatic carbocycles. The van der Waals surface area contributed by atoms with E-state index in [1.807, 2.05) is 11.0 Å². The molecular weight excluding hydrogens is 352 g/mol. The van der Waals surface area contributed by atoms with Gasteiger partial charge in [0.25, 0.3) is 5.56 Å². The van der Waals surface area contributed by atoms with Crippen molar-refractivity contribution in [2.45, 2.75) is 44.6 Å². The molecule has 0 radical (unpaired) electrons. The molecular formula is C22H28N4O2. The highest BCUT2D eigenvalue weighted by atomic mass is 16.2. The number of hydrogen-bond donors (Lipinski definition) is 0. The van der Waals surface area contributed by atoms with Crippen LogP contribution < -0.4 is 10.5 Å². The topological polar surface area (TPSA) is 58.4 Å². The Hall–Kier alpha value is -2.63. The third kappa shape index (κ3) is 4.26. The van der Waals surface area contributed by atoms with Crippen molar-refractivity contribution in [3.05, 3.63) is 58.5 Å². The molecule has 0 atom stereocenters. The van der Waals surface area contributed by atoms with E-state index in [0.29, 0.717) is 5.92 Å². The van der Waals surface area contributed by atoms with E-state index in [1.165, 1.54) is 16.7 Å². The van der Waals surface area contributed by atoms with Crippen LogP contribution in [0.5, 0.6) is 0 Å².